The van der Waals surface area contributed by atoms with E-state index in [0.717, 1.165) is 30.1 Å². The summed E-state index contributed by atoms with van der Waals surface area (Å²) in [6.45, 7) is 5.57. The average Bonchev–Trinajstić information content (AvgIpc) is 2.72. The molecule has 19 heavy (non-hydrogen) atoms. The van der Waals surface area contributed by atoms with Crippen LogP contribution in [0.2, 0.25) is 0 Å². The fraction of sp³-hybridized carbons (Fsp3) is 0.733. The maximum atomic E-state index is 5.83. The minimum atomic E-state index is 0.401. The highest BCUT2D eigenvalue weighted by molar-refractivity contribution is 9.10. The van der Waals surface area contributed by atoms with Crippen LogP contribution in [0.3, 0.4) is 0 Å². The van der Waals surface area contributed by atoms with Gasteiger partial charge >= 0.3 is 0 Å². The fourth-order valence-electron chi connectivity index (χ4n) is 3.04. The van der Waals surface area contributed by atoms with Crippen LogP contribution in [0.15, 0.2) is 21.2 Å². The molecule has 4 heteroatoms. The molecule has 1 aromatic rings. The first-order valence-corrected chi connectivity index (χ1v) is 8.18. The zero-order chi connectivity index (χ0) is 13.7. The molecule has 1 aliphatic rings. The van der Waals surface area contributed by atoms with Gasteiger partial charge in [0.25, 0.3) is 0 Å². The molecule has 0 amide bonds. The normalized spacial score (nSPS) is 25.4. The monoisotopic (exact) mass is 328 g/mol. The fourth-order valence-corrected chi connectivity index (χ4v) is 3.36. The maximum absolute atomic E-state index is 5.83. The molecule has 2 heterocycles. The Morgan fingerprint density at radius 1 is 1.42 bits per heavy atom. The van der Waals surface area contributed by atoms with E-state index in [1.54, 1.807) is 0 Å². The molecule has 2 atom stereocenters. The predicted octanol–water partition coefficient (Wildman–Crippen LogP) is 3.81. The number of hydrogen-bond acceptors (Lipinski definition) is 3. The van der Waals surface area contributed by atoms with Crippen molar-refractivity contribution in [3.05, 3.63) is 22.6 Å². The van der Waals surface area contributed by atoms with E-state index in [0.29, 0.717) is 12.0 Å². The Morgan fingerprint density at radius 2 is 2.26 bits per heavy atom. The van der Waals surface area contributed by atoms with E-state index in [1.807, 2.05) is 6.07 Å². The first-order chi connectivity index (χ1) is 9.22. The van der Waals surface area contributed by atoms with Crippen molar-refractivity contribution in [1.29, 1.82) is 0 Å². The van der Waals surface area contributed by atoms with Crippen molar-refractivity contribution in [2.24, 2.45) is 5.92 Å². The molecule has 3 nitrogen and oxygen atoms in total. The Hall–Kier alpha value is -0.320. The van der Waals surface area contributed by atoms with Crippen LogP contribution in [-0.2, 0) is 0 Å². The van der Waals surface area contributed by atoms with Crippen LogP contribution < -0.4 is 5.32 Å². The molecule has 0 aliphatic carbocycles. The molecule has 2 rings (SSSR count). The summed E-state index contributed by atoms with van der Waals surface area (Å²) < 4.78 is 6.67. The van der Waals surface area contributed by atoms with Crippen LogP contribution in [0.5, 0.6) is 0 Å². The highest BCUT2D eigenvalue weighted by Gasteiger charge is 2.30. The quantitative estimate of drug-likeness (QED) is 0.833. The van der Waals surface area contributed by atoms with Crippen molar-refractivity contribution in [3.8, 4) is 0 Å². The van der Waals surface area contributed by atoms with Gasteiger partial charge in [0.1, 0.15) is 5.76 Å². The van der Waals surface area contributed by atoms with Gasteiger partial charge in [-0.1, -0.05) is 13.3 Å². The third-order valence-corrected chi connectivity index (χ3v) is 4.40. The summed E-state index contributed by atoms with van der Waals surface area (Å²) in [4.78, 5) is 2.45. The van der Waals surface area contributed by atoms with E-state index in [4.69, 9.17) is 4.42 Å². The summed E-state index contributed by atoms with van der Waals surface area (Å²) in [5.74, 6) is 1.73. The lowest BCUT2D eigenvalue weighted by molar-refractivity contribution is 0.162. The SMILES string of the molecule is CCCNCC1CCCCN(C)C1c1ccc(Br)o1. The van der Waals surface area contributed by atoms with E-state index >= 15 is 0 Å². The van der Waals surface area contributed by atoms with Gasteiger partial charge in [0.2, 0.25) is 0 Å². The van der Waals surface area contributed by atoms with Crippen LogP contribution in [0.1, 0.15) is 44.4 Å². The lowest BCUT2D eigenvalue weighted by atomic mass is 9.93. The first-order valence-electron chi connectivity index (χ1n) is 7.38. The third-order valence-electron chi connectivity index (χ3n) is 3.98. The minimum absolute atomic E-state index is 0.401. The Kier molecular flexibility index (Phi) is 5.92. The van der Waals surface area contributed by atoms with Gasteiger partial charge in [-0.2, -0.15) is 0 Å². The van der Waals surface area contributed by atoms with Gasteiger partial charge in [-0.05, 0) is 79.9 Å². The molecule has 1 aromatic heterocycles. The van der Waals surface area contributed by atoms with Crippen LogP contribution in [0, 0.1) is 5.92 Å². The van der Waals surface area contributed by atoms with E-state index in [-0.39, 0.29) is 0 Å². The van der Waals surface area contributed by atoms with Gasteiger partial charge in [-0.15, -0.1) is 0 Å². The third kappa shape index (κ3) is 4.07. The second kappa shape index (κ2) is 7.46. The molecular formula is C15H25BrN2O. The first kappa shape index (κ1) is 15.1. The number of rotatable bonds is 5. The second-order valence-corrected chi connectivity index (χ2v) is 6.31. The topological polar surface area (TPSA) is 28.4 Å². The minimum Gasteiger partial charge on any atom is -0.453 e. The van der Waals surface area contributed by atoms with Gasteiger partial charge in [-0.3, -0.25) is 4.90 Å². The summed E-state index contributed by atoms with van der Waals surface area (Å²) in [5.41, 5.74) is 0. The summed E-state index contributed by atoms with van der Waals surface area (Å²) in [5, 5.41) is 3.58. The highest BCUT2D eigenvalue weighted by Crippen LogP contribution is 2.35. The number of nitrogens with one attached hydrogen (secondary N) is 1. The molecule has 2 unspecified atom stereocenters. The molecule has 0 saturated carbocycles. The molecule has 0 bridgehead atoms. The standard InChI is InChI=1S/C15H25BrN2O/c1-3-9-17-11-12-6-4-5-10-18(2)15(12)13-7-8-14(16)19-13/h7-8,12,15,17H,3-6,9-11H2,1-2H3. The summed E-state index contributed by atoms with van der Waals surface area (Å²) in [6.07, 6.45) is 5.09. The number of halogens is 1. The van der Waals surface area contributed by atoms with Crippen LogP contribution in [0.4, 0.5) is 0 Å². The van der Waals surface area contributed by atoms with Gasteiger partial charge in [-0.25, -0.2) is 0 Å². The Bertz CT molecular complexity index is 380. The van der Waals surface area contributed by atoms with Gasteiger partial charge in [0.05, 0.1) is 6.04 Å². The Morgan fingerprint density at radius 3 is 2.95 bits per heavy atom. The molecule has 1 fully saturated rings. The van der Waals surface area contributed by atoms with Crippen LogP contribution >= 0.6 is 15.9 Å². The van der Waals surface area contributed by atoms with E-state index in [2.05, 4.69) is 46.2 Å². The van der Waals surface area contributed by atoms with Crippen molar-refractivity contribution in [3.63, 3.8) is 0 Å². The van der Waals surface area contributed by atoms with Crippen LogP contribution in [0.25, 0.3) is 0 Å². The molecule has 108 valence electrons. The van der Waals surface area contributed by atoms with Crippen molar-refractivity contribution in [1.82, 2.24) is 10.2 Å². The summed E-state index contributed by atoms with van der Waals surface area (Å²) >= 11 is 3.42. The molecule has 1 saturated heterocycles. The van der Waals surface area contributed by atoms with E-state index in [9.17, 15) is 0 Å². The maximum Gasteiger partial charge on any atom is 0.169 e. The Balaban J connectivity index is 2.11. The zero-order valence-corrected chi connectivity index (χ0v) is 13.6. The molecule has 1 N–H and O–H groups in total. The number of furan rings is 1. The lowest BCUT2D eigenvalue weighted by Gasteiger charge is -2.31. The van der Waals surface area contributed by atoms with Crippen molar-refractivity contribution < 1.29 is 4.42 Å². The van der Waals surface area contributed by atoms with Gasteiger partial charge in [0.15, 0.2) is 4.67 Å². The van der Waals surface area contributed by atoms with Crippen molar-refractivity contribution in [2.45, 2.75) is 38.6 Å². The summed E-state index contributed by atoms with van der Waals surface area (Å²) in [7, 11) is 2.22. The number of hydrogen-bond donors (Lipinski definition) is 1. The van der Waals surface area contributed by atoms with Gasteiger partial charge < -0.3 is 9.73 Å². The molecule has 1 aliphatic heterocycles. The van der Waals surface area contributed by atoms with E-state index in [1.165, 1.54) is 25.7 Å². The smallest absolute Gasteiger partial charge is 0.169 e. The second-order valence-electron chi connectivity index (χ2n) is 5.53. The molecule has 0 spiro atoms. The Labute approximate surface area is 124 Å². The van der Waals surface area contributed by atoms with Crippen molar-refractivity contribution >= 4 is 15.9 Å². The van der Waals surface area contributed by atoms with Crippen LogP contribution in [-0.4, -0.2) is 31.6 Å². The highest BCUT2D eigenvalue weighted by atomic mass is 79.9. The van der Waals surface area contributed by atoms with Crippen molar-refractivity contribution in [2.75, 3.05) is 26.7 Å². The molecule has 0 radical (unpaired) electrons. The average molecular weight is 329 g/mol. The summed E-state index contributed by atoms with van der Waals surface area (Å²) in [6, 6.07) is 4.52. The zero-order valence-electron chi connectivity index (χ0n) is 12.0. The molecule has 0 aromatic carbocycles. The molecular weight excluding hydrogens is 304 g/mol. The predicted molar refractivity (Wildman–Crippen MR) is 82.3 cm³/mol. The van der Waals surface area contributed by atoms with Gasteiger partial charge in [0, 0.05) is 0 Å². The largest absolute Gasteiger partial charge is 0.453 e. The lowest BCUT2D eigenvalue weighted by Crippen LogP contribution is -2.35. The number of likely N-dealkylation sites (tertiary alicyclic amines) is 1. The van der Waals surface area contributed by atoms with E-state index < -0.39 is 0 Å². The number of nitrogens with zero attached hydrogens (tertiary/aromatic N) is 1.